The fourth-order valence-electron chi connectivity index (χ4n) is 7.61. The highest BCUT2D eigenvalue weighted by molar-refractivity contribution is 5.85. The maximum Gasteiger partial charge on any atom is 0.315 e. The zero-order valence-corrected chi connectivity index (χ0v) is 14.1. The molecule has 5 fully saturated rings. The Hall–Kier alpha value is -1.40. The fraction of sp³-hybridized carbons (Fsp3) is 0.789. The van der Waals surface area contributed by atoms with E-state index in [1.807, 2.05) is 0 Å². The third-order valence-electron chi connectivity index (χ3n) is 8.35. The van der Waals surface area contributed by atoms with Crippen LogP contribution in [0.4, 0.5) is 0 Å². The van der Waals surface area contributed by atoms with Gasteiger partial charge in [0.1, 0.15) is 11.0 Å². The number of allylic oxidation sites excluding steroid dienone is 1. The van der Waals surface area contributed by atoms with Crippen LogP contribution in [0, 0.1) is 34.5 Å². The predicted octanol–water partition coefficient (Wildman–Crippen LogP) is 1.11. The van der Waals surface area contributed by atoms with Crippen molar-refractivity contribution in [1.82, 2.24) is 0 Å². The van der Waals surface area contributed by atoms with Gasteiger partial charge in [-0.05, 0) is 43.9 Å². The Balaban J connectivity index is 1.75. The van der Waals surface area contributed by atoms with Gasteiger partial charge in [0.2, 0.25) is 0 Å². The Morgan fingerprint density at radius 3 is 2.80 bits per heavy atom. The molecule has 9 atom stereocenters. The van der Waals surface area contributed by atoms with Crippen LogP contribution < -0.4 is 0 Å². The third kappa shape index (κ3) is 1.44. The number of ether oxygens (including phenoxy) is 1. The molecule has 5 aliphatic rings. The first-order valence-corrected chi connectivity index (χ1v) is 9.08. The lowest BCUT2D eigenvalue weighted by Crippen LogP contribution is -2.59. The quantitative estimate of drug-likeness (QED) is 0.483. The van der Waals surface area contributed by atoms with Gasteiger partial charge in [0.25, 0.3) is 0 Å². The van der Waals surface area contributed by atoms with Gasteiger partial charge < -0.3 is 20.1 Å². The molecule has 1 aliphatic heterocycles. The van der Waals surface area contributed by atoms with Gasteiger partial charge in [0.15, 0.2) is 0 Å². The lowest BCUT2D eigenvalue weighted by molar-refractivity contribution is -0.163. The summed E-state index contributed by atoms with van der Waals surface area (Å²) < 4.78 is 21.5. The Bertz CT molecular complexity index is 793. The molecule has 5 rings (SSSR count). The predicted molar refractivity (Wildman–Crippen MR) is 85.2 cm³/mol. The van der Waals surface area contributed by atoms with Gasteiger partial charge in [-0.3, -0.25) is 9.59 Å². The second kappa shape index (κ2) is 4.29. The van der Waals surface area contributed by atoms with Gasteiger partial charge in [-0.25, -0.2) is 0 Å². The SMILES string of the molecule is [2H]C([2H])=C1C[C@]23C[C@H]1CC[C@H]2[C@@]12C[C@H](O)[C@H](O)[C@@](C)(C(=O)O1)[C@H]2[C@@H]3C(=O)O. The van der Waals surface area contributed by atoms with Gasteiger partial charge in [0.05, 0.1) is 20.9 Å². The van der Waals surface area contributed by atoms with Crippen molar-refractivity contribution in [2.45, 2.75) is 56.8 Å². The molecule has 4 saturated carbocycles. The third-order valence-corrected chi connectivity index (χ3v) is 8.35. The number of carboxylic acids is 1. The van der Waals surface area contributed by atoms with Gasteiger partial charge in [-0.2, -0.15) is 0 Å². The van der Waals surface area contributed by atoms with Gasteiger partial charge in [-0.15, -0.1) is 0 Å². The molecule has 1 spiro atoms. The van der Waals surface area contributed by atoms with Crippen LogP contribution in [0.25, 0.3) is 0 Å². The van der Waals surface area contributed by atoms with Crippen molar-refractivity contribution in [3.8, 4) is 0 Å². The summed E-state index contributed by atoms with van der Waals surface area (Å²) in [4.78, 5) is 25.3. The Labute approximate surface area is 148 Å². The van der Waals surface area contributed by atoms with Crippen molar-refractivity contribution in [3.05, 3.63) is 12.1 Å². The first kappa shape index (κ1) is 13.8. The van der Waals surface area contributed by atoms with Gasteiger partial charge in [0, 0.05) is 18.3 Å². The summed E-state index contributed by atoms with van der Waals surface area (Å²) in [7, 11) is 0. The summed E-state index contributed by atoms with van der Waals surface area (Å²) in [5.41, 5.74) is -2.53. The molecule has 4 bridgehead atoms. The highest BCUT2D eigenvalue weighted by Crippen LogP contribution is 2.77. The number of carboxylic acid groups (broad SMARTS) is 1. The number of rotatable bonds is 1. The normalized spacial score (nSPS) is 59.6. The summed E-state index contributed by atoms with van der Waals surface area (Å²) in [6, 6.07) is 0. The maximum absolute atomic E-state index is 12.8. The van der Waals surface area contributed by atoms with E-state index in [9.17, 15) is 24.9 Å². The summed E-state index contributed by atoms with van der Waals surface area (Å²) >= 11 is 0. The largest absolute Gasteiger partial charge is 0.481 e. The highest BCUT2D eigenvalue weighted by Gasteiger charge is 2.84. The molecule has 1 heterocycles. The second-order valence-corrected chi connectivity index (χ2v) is 9.10. The number of hydrogen-bond acceptors (Lipinski definition) is 5. The first-order chi connectivity index (χ1) is 12.6. The average Bonchev–Trinajstić information content (AvgIpc) is 3.08. The van der Waals surface area contributed by atoms with Crippen molar-refractivity contribution in [2.75, 3.05) is 0 Å². The van der Waals surface area contributed by atoms with Crippen LogP contribution >= 0.6 is 0 Å². The maximum atomic E-state index is 12.8. The highest BCUT2D eigenvalue weighted by atomic mass is 16.6. The Morgan fingerprint density at radius 2 is 2.12 bits per heavy atom. The van der Waals surface area contributed by atoms with E-state index < -0.39 is 52.4 Å². The van der Waals surface area contributed by atoms with Crippen molar-refractivity contribution in [2.24, 2.45) is 34.5 Å². The molecule has 0 radical (unpaired) electrons. The van der Waals surface area contributed by atoms with Crippen LogP contribution in [0.1, 0.15) is 41.8 Å². The van der Waals surface area contributed by atoms with E-state index in [1.165, 1.54) is 6.92 Å². The lowest BCUT2D eigenvalue weighted by Gasteiger charge is -2.46. The summed E-state index contributed by atoms with van der Waals surface area (Å²) in [6.07, 6.45) is -0.138. The summed E-state index contributed by atoms with van der Waals surface area (Å²) in [5.74, 6) is -3.45. The number of esters is 1. The Morgan fingerprint density at radius 1 is 1.36 bits per heavy atom. The van der Waals surface area contributed by atoms with E-state index in [1.54, 1.807) is 0 Å². The molecule has 25 heavy (non-hydrogen) atoms. The van der Waals surface area contributed by atoms with Gasteiger partial charge in [-0.1, -0.05) is 12.1 Å². The standard InChI is InChI=1S/C19H24O6/c1-8-5-18-6-9(8)3-4-11(18)19-7-10(20)14(21)17(2,16(24)25-19)13(19)12(18)15(22)23/h9-14,20-21H,1,3-7H2,2H3,(H,22,23)/t9-,10+,11-,12-,13-,14+,17+,18+,19-/m1/s1/i1D2. The molecule has 0 amide bonds. The molecule has 0 aromatic carbocycles. The van der Waals surface area contributed by atoms with Crippen LogP contribution in [-0.2, 0) is 14.3 Å². The van der Waals surface area contributed by atoms with Crippen LogP contribution in [0.5, 0.6) is 0 Å². The van der Waals surface area contributed by atoms with E-state index >= 15 is 0 Å². The van der Waals surface area contributed by atoms with E-state index in [4.69, 9.17) is 7.48 Å². The van der Waals surface area contributed by atoms with Crippen molar-refractivity contribution in [3.63, 3.8) is 0 Å². The first-order valence-electron chi connectivity index (χ1n) is 10.1. The number of carbonyl (C=O) groups excluding carboxylic acids is 1. The molecule has 1 saturated heterocycles. The number of aliphatic carboxylic acids is 1. The monoisotopic (exact) mass is 350 g/mol. The number of aliphatic hydroxyl groups is 2. The minimum atomic E-state index is -1.46. The van der Waals surface area contributed by atoms with Crippen LogP contribution in [0.15, 0.2) is 12.1 Å². The molecule has 4 aliphatic carbocycles. The van der Waals surface area contributed by atoms with E-state index in [-0.39, 0.29) is 24.8 Å². The molecule has 0 unspecified atom stereocenters. The number of aliphatic hydroxyl groups excluding tert-OH is 2. The lowest BCUT2D eigenvalue weighted by atomic mass is 9.58. The molecule has 136 valence electrons. The van der Waals surface area contributed by atoms with Crippen LogP contribution in [0.3, 0.4) is 0 Å². The number of fused-ring (bicyclic) bond motifs is 1. The molecule has 6 heteroatoms. The molecular formula is C19H24O6. The zero-order valence-electron chi connectivity index (χ0n) is 16.1. The van der Waals surface area contributed by atoms with Crippen molar-refractivity contribution >= 4 is 11.9 Å². The summed E-state index contributed by atoms with van der Waals surface area (Å²) in [5, 5.41) is 31.4. The summed E-state index contributed by atoms with van der Waals surface area (Å²) in [6.45, 7) is 1.30. The minimum absolute atomic E-state index is 0.0292. The van der Waals surface area contributed by atoms with E-state index in [2.05, 4.69) is 0 Å². The molecule has 0 aromatic heterocycles. The number of carbonyl (C=O) groups is 2. The van der Waals surface area contributed by atoms with Crippen LogP contribution in [0.2, 0.25) is 0 Å². The smallest absolute Gasteiger partial charge is 0.315 e. The van der Waals surface area contributed by atoms with Crippen molar-refractivity contribution < 1.29 is 32.4 Å². The molecule has 3 N–H and O–H groups in total. The van der Waals surface area contributed by atoms with E-state index in [0.29, 0.717) is 24.8 Å². The molecule has 6 nitrogen and oxygen atoms in total. The molecule has 0 aromatic rings. The fourth-order valence-corrected chi connectivity index (χ4v) is 7.61. The Kier molecular flexibility index (Phi) is 2.36. The van der Waals surface area contributed by atoms with Crippen LogP contribution in [-0.4, -0.2) is 45.1 Å². The topological polar surface area (TPSA) is 104 Å². The van der Waals surface area contributed by atoms with E-state index in [0.717, 1.165) is 6.42 Å². The minimum Gasteiger partial charge on any atom is -0.481 e. The number of hydrogen-bond donors (Lipinski definition) is 3. The zero-order chi connectivity index (χ0) is 19.5. The average molecular weight is 350 g/mol. The van der Waals surface area contributed by atoms with Gasteiger partial charge >= 0.3 is 11.9 Å². The second-order valence-electron chi connectivity index (χ2n) is 9.10. The van der Waals surface area contributed by atoms with Crippen molar-refractivity contribution in [1.29, 1.82) is 0 Å². The molecular weight excluding hydrogens is 324 g/mol.